The van der Waals surface area contributed by atoms with E-state index in [4.69, 9.17) is 10.5 Å². The lowest BCUT2D eigenvalue weighted by Crippen LogP contribution is -2.41. The van der Waals surface area contributed by atoms with E-state index in [-0.39, 0.29) is 54.6 Å². The number of alkyl halides is 3. The lowest BCUT2D eigenvalue weighted by atomic mass is 10.1. The van der Waals surface area contributed by atoms with Crippen LogP contribution >= 0.6 is 0 Å². The van der Waals surface area contributed by atoms with Gasteiger partial charge in [-0.05, 0) is 24.3 Å². The predicted molar refractivity (Wildman–Crippen MR) is 114 cm³/mol. The number of sulfonamides is 1. The normalized spacial score (nSPS) is 15.3. The zero-order chi connectivity index (χ0) is 24.5. The van der Waals surface area contributed by atoms with Gasteiger partial charge in [0.05, 0.1) is 35.6 Å². The van der Waals surface area contributed by atoms with Crippen molar-refractivity contribution in [2.24, 2.45) is 0 Å². The molecule has 34 heavy (non-hydrogen) atoms. The Morgan fingerprint density at radius 2 is 1.85 bits per heavy atom. The first-order valence-corrected chi connectivity index (χ1v) is 11.4. The van der Waals surface area contributed by atoms with E-state index in [1.165, 1.54) is 18.5 Å². The standard InChI is InChI=1S/C21H18F3N5O4S/c22-21(23,24)15-4-3-13(10-17(15)34(31,32)29-6-8-33-9-7-29)16-12-27-20(25)18(28-16)19(30)14-2-1-5-26-11-14/h1-5,10-12H,6-9H2,(H2,25,27). The Kier molecular flexibility index (Phi) is 6.34. The third-order valence-corrected chi connectivity index (χ3v) is 7.05. The summed E-state index contributed by atoms with van der Waals surface area (Å²) >= 11 is 0. The zero-order valence-electron chi connectivity index (χ0n) is 17.5. The molecule has 0 spiro atoms. The fourth-order valence-electron chi connectivity index (χ4n) is 3.39. The summed E-state index contributed by atoms with van der Waals surface area (Å²) in [4.78, 5) is 23.8. The van der Waals surface area contributed by atoms with Crippen LogP contribution in [0, 0.1) is 0 Å². The summed E-state index contributed by atoms with van der Waals surface area (Å²) in [5.41, 5.74) is 4.45. The van der Waals surface area contributed by atoms with Crippen LogP contribution in [-0.4, -0.2) is 59.8 Å². The number of hydrogen-bond acceptors (Lipinski definition) is 8. The highest BCUT2D eigenvalue weighted by atomic mass is 32.2. The molecule has 9 nitrogen and oxygen atoms in total. The molecule has 0 amide bonds. The molecular weight excluding hydrogens is 475 g/mol. The number of pyridine rings is 1. The number of carbonyl (C=O) groups is 1. The first-order chi connectivity index (χ1) is 16.1. The van der Waals surface area contributed by atoms with Gasteiger partial charge in [-0.3, -0.25) is 9.78 Å². The van der Waals surface area contributed by atoms with E-state index in [1.54, 1.807) is 6.07 Å². The summed E-state index contributed by atoms with van der Waals surface area (Å²) in [6.07, 6.45) is -0.979. The number of morpholine rings is 1. The van der Waals surface area contributed by atoms with E-state index in [9.17, 15) is 26.4 Å². The summed E-state index contributed by atoms with van der Waals surface area (Å²) in [6.45, 7) is -0.00234. The summed E-state index contributed by atoms with van der Waals surface area (Å²) in [5, 5.41) is 0. The minimum absolute atomic E-state index is 0.0198. The van der Waals surface area contributed by atoms with Crippen LogP contribution in [0.3, 0.4) is 0 Å². The van der Waals surface area contributed by atoms with Crippen molar-refractivity contribution < 1.29 is 31.1 Å². The molecule has 0 aliphatic carbocycles. The fraction of sp³-hybridized carbons (Fsp3) is 0.238. The van der Waals surface area contributed by atoms with Crippen LogP contribution < -0.4 is 5.73 Å². The second kappa shape index (κ2) is 9.08. The van der Waals surface area contributed by atoms with E-state index in [2.05, 4.69) is 15.0 Å². The van der Waals surface area contributed by atoms with Crippen LogP contribution in [-0.2, 0) is 20.9 Å². The average molecular weight is 493 g/mol. The number of carbonyl (C=O) groups excluding carboxylic acids is 1. The van der Waals surface area contributed by atoms with Gasteiger partial charge in [0.15, 0.2) is 11.5 Å². The Morgan fingerprint density at radius 3 is 2.50 bits per heavy atom. The number of ketones is 1. The molecule has 3 aromatic rings. The molecule has 3 heterocycles. The van der Waals surface area contributed by atoms with Crippen molar-refractivity contribution in [3.05, 3.63) is 65.7 Å². The van der Waals surface area contributed by atoms with Gasteiger partial charge in [0.25, 0.3) is 0 Å². The molecule has 0 radical (unpaired) electrons. The molecule has 1 aromatic carbocycles. The molecule has 2 N–H and O–H groups in total. The van der Waals surface area contributed by atoms with Crippen LogP contribution in [0.2, 0.25) is 0 Å². The molecule has 178 valence electrons. The van der Waals surface area contributed by atoms with Crippen molar-refractivity contribution in [2.75, 3.05) is 32.0 Å². The van der Waals surface area contributed by atoms with Gasteiger partial charge < -0.3 is 10.5 Å². The second-order valence-corrected chi connectivity index (χ2v) is 9.19. The number of nitrogens with zero attached hydrogens (tertiary/aromatic N) is 4. The number of nitrogens with two attached hydrogens (primary N) is 1. The van der Waals surface area contributed by atoms with Gasteiger partial charge in [0, 0.05) is 36.6 Å². The summed E-state index contributed by atoms with van der Waals surface area (Å²) in [5.74, 6) is -0.779. The maximum atomic E-state index is 13.7. The third kappa shape index (κ3) is 4.62. The highest BCUT2D eigenvalue weighted by molar-refractivity contribution is 7.89. The van der Waals surface area contributed by atoms with Crippen molar-refractivity contribution in [2.45, 2.75) is 11.1 Å². The van der Waals surface area contributed by atoms with Crippen molar-refractivity contribution in [1.29, 1.82) is 0 Å². The largest absolute Gasteiger partial charge is 0.417 e. The Morgan fingerprint density at radius 1 is 1.12 bits per heavy atom. The van der Waals surface area contributed by atoms with Crippen LogP contribution in [0.4, 0.5) is 19.0 Å². The van der Waals surface area contributed by atoms with Crippen molar-refractivity contribution in [3.63, 3.8) is 0 Å². The molecule has 0 unspecified atom stereocenters. The maximum Gasteiger partial charge on any atom is 0.417 e. The highest BCUT2D eigenvalue weighted by Crippen LogP contribution is 2.37. The van der Waals surface area contributed by atoms with Crippen LogP contribution in [0.25, 0.3) is 11.3 Å². The number of ether oxygens (including phenoxy) is 1. The van der Waals surface area contributed by atoms with Gasteiger partial charge in [-0.25, -0.2) is 18.4 Å². The number of halogens is 3. The summed E-state index contributed by atoms with van der Waals surface area (Å²) in [7, 11) is -4.50. The highest BCUT2D eigenvalue weighted by Gasteiger charge is 2.39. The van der Waals surface area contributed by atoms with E-state index < -0.39 is 32.4 Å². The molecule has 1 aliphatic rings. The van der Waals surface area contributed by atoms with Crippen LogP contribution in [0.1, 0.15) is 21.6 Å². The van der Waals surface area contributed by atoms with E-state index >= 15 is 0 Å². The molecule has 0 atom stereocenters. The van der Waals surface area contributed by atoms with Crippen molar-refractivity contribution in [1.82, 2.24) is 19.3 Å². The molecule has 4 rings (SSSR count). The smallest absolute Gasteiger partial charge is 0.382 e. The molecule has 2 aromatic heterocycles. The Hall–Kier alpha value is -3.42. The Labute approximate surface area is 192 Å². The van der Waals surface area contributed by atoms with Crippen molar-refractivity contribution >= 4 is 21.6 Å². The monoisotopic (exact) mass is 493 g/mol. The molecule has 0 bridgehead atoms. The number of anilines is 1. The first kappa shape index (κ1) is 23.7. The zero-order valence-corrected chi connectivity index (χ0v) is 18.3. The van der Waals surface area contributed by atoms with E-state index in [1.807, 2.05) is 0 Å². The topological polar surface area (TPSA) is 128 Å². The SMILES string of the molecule is Nc1ncc(-c2ccc(C(F)(F)F)c(S(=O)(=O)N3CCOCC3)c2)nc1C(=O)c1cccnc1. The molecular formula is C21H18F3N5O4S. The third-order valence-electron chi connectivity index (χ3n) is 5.11. The predicted octanol–water partition coefficient (Wildman–Crippen LogP) is 2.39. The Bertz CT molecular complexity index is 1330. The molecule has 1 fully saturated rings. The van der Waals surface area contributed by atoms with Gasteiger partial charge in [-0.2, -0.15) is 17.5 Å². The van der Waals surface area contributed by atoms with Gasteiger partial charge in [-0.1, -0.05) is 6.07 Å². The fourth-order valence-corrected chi connectivity index (χ4v) is 5.04. The van der Waals surface area contributed by atoms with Gasteiger partial charge >= 0.3 is 6.18 Å². The van der Waals surface area contributed by atoms with Gasteiger partial charge in [0.1, 0.15) is 0 Å². The number of benzene rings is 1. The lowest BCUT2D eigenvalue weighted by molar-refractivity contribution is -0.139. The molecule has 0 saturated carbocycles. The average Bonchev–Trinajstić information content (AvgIpc) is 2.84. The second-order valence-electron chi connectivity index (χ2n) is 7.29. The van der Waals surface area contributed by atoms with Gasteiger partial charge in [0.2, 0.25) is 15.8 Å². The minimum Gasteiger partial charge on any atom is -0.382 e. The maximum absolute atomic E-state index is 13.7. The molecule has 1 aliphatic heterocycles. The van der Waals surface area contributed by atoms with E-state index in [0.29, 0.717) is 6.07 Å². The number of aromatic nitrogens is 3. The number of rotatable bonds is 5. The summed E-state index contributed by atoms with van der Waals surface area (Å²) < 4.78 is 73.3. The van der Waals surface area contributed by atoms with Crippen molar-refractivity contribution in [3.8, 4) is 11.3 Å². The Balaban J connectivity index is 1.82. The van der Waals surface area contributed by atoms with Crippen LogP contribution in [0.5, 0.6) is 0 Å². The first-order valence-electron chi connectivity index (χ1n) is 9.96. The minimum atomic E-state index is -4.92. The molecule has 13 heteroatoms. The molecule has 1 saturated heterocycles. The van der Waals surface area contributed by atoms with E-state index in [0.717, 1.165) is 22.6 Å². The summed E-state index contributed by atoms with van der Waals surface area (Å²) in [6, 6.07) is 5.66. The lowest BCUT2D eigenvalue weighted by Gasteiger charge is -2.27. The number of nitrogen functional groups attached to an aromatic ring is 1. The quantitative estimate of drug-likeness (QED) is 0.537. The van der Waals surface area contributed by atoms with Crippen LogP contribution in [0.15, 0.2) is 53.8 Å². The number of hydrogen-bond donors (Lipinski definition) is 1. The van der Waals surface area contributed by atoms with Gasteiger partial charge in [-0.15, -0.1) is 0 Å².